The normalized spacial score (nSPS) is 16.1. The Hall–Kier alpha value is -2.70. The summed E-state index contributed by atoms with van der Waals surface area (Å²) in [7, 11) is 0. The molecule has 4 rings (SSSR count). The third-order valence-electron chi connectivity index (χ3n) is 5.94. The maximum Gasteiger partial charge on any atom is 0.240 e. The summed E-state index contributed by atoms with van der Waals surface area (Å²) in [5.41, 5.74) is 8.41. The Balaban J connectivity index is 1.49. The summed E-state index contributed by atoms with van der Waals surface area (Å²) < 4.78 is 15.3. The Bertz CT molecular complexity index is 1080. The van der Waals surface area contributed by atoms with E-state index in [1.807, 2.05) is 49.2 Å². The van der Waals surface area contributed by atoms with E-state index in [0.29, 0.717) is 31.0 Å². The van der Waals surface area contributed by atoms with Crippen molar-refractivity contribution in [2.24, 2.45) is 5.73 Å². The number of imidazole rings is 1. The molecule has 0 aliphatic carbocycles. The first kappa shape index (κ1) is 21.5. The molecule has 1 amide bonds. The first-order chi connectivity index (χ1) is 14.8. The minimum Gasteiger partial charge on any atom is -0.331 e. The molecule has 31 heavy (non-hydrogen) atoms. The van der Waals surface area contributed by atoms with E-state index in [4.69, 9.17) is 22.3 Å². The molecule has 0 saturated heterocycles. The van der Waals surface area contributed by atoms with Crippen LogP contribution in [0, 0.1) is 5.82 Å². The van der Waals surface area contributed by atoms with Gasteiger partial charge >= 0.3 is 0 Å². The fourth-order valence-corrected chi connectivity index (χ4v) is 4.25. The fourth-order valence-electron chi connectivity index (χ4n) is 4.12. The molecular formula is C24H26ClFN4O. The molecule has 1 atom stereocenters. The number of fused-ring (bicyclic) bond motifs is 1. The average Bonchev–Trinajstić information content (AvgIpc) is 3.19. The highest BCUT2D eigenvalue weighted by Crippen LogP contribution is 2.34. The number of nitrogens with two attached hydrogens (primary N) is 1. The van der Waals surface area contributed by atoms with Gasteiger partial charge in [0, 0.05) is 29.9 Å². The van der Waals surface area contributed by atoms with Gasteiger partial charge < -0.3 is 15.2 Å². The molecule has 3 aromatic rings. The van der Waals surface area contributed by atoms with Crippen molar-refractivity contribution < 1.29 is 9.18 Å². The van der Waals surface area contributed by atoms with Crippen LogP contribution in [0.1, 0.15) is 31.7 Å². The average molecular weight is 441 g/mol. The van der Waals surface area contributed by atoms with Crippen molar-refractivity contribution in [1.29, 1.82) is 0 Å². The van der Waals surface area contributed by atoms with Crippen LogP contribution in [0.2, 0.25) is 5.02 Å². The predicted octanol–water partition coefficient (Wildman–Crippen LogP) is 4.38. The van der Waals surface area contributed by atoms with E-state index in [9.17, 15) is 9.18 Å². The van der Waals surface area contributed by atoms with E-state index >= 15 is 0 Å². The molecule has 1 aliphatic rings. The van der Waals surface area contributed by atoms with Gasteiger partial charge in [0.25, 0.3) is 0 Å². The van der Waals surface area contributed by atoms with Gasteiger partial charge in [0.15, 0.2) is 0 Å². The summed E-state index contributed by atoms with van der Waals surface area (Å²) in [6.07, 6.45) is 3.23. The van der Waals surface area contributed by atoms with E-state index in [0.717, 1.165) is 22.6 Å². The molecule has 1 aromatic heterocycles. The van der Waals surface area contributed by atoms with E-state index in [1.165, 1.54) is 12.1 Å². The number of hydrogen-bond acceptors (Lipinski definition) is 3. The lowest BCUT2D eigenvalue weighted by Gasteiger charge is -2.43. The molecule has 0 spiro atoms. The standard InChI is InChI=1S/C24H26ClFN4O/c1-24(2)23-28-21(17-6-10-19(26)11-7-17)15-29(23)13-14-30(24)22(31)20(27)12-5-16-3-8-18(25)9-4-16/h3-4,6-11,15,20H,5,12-14,27H2,1-2H3. The molecule has 162 valence electrons. The second-order valence-corrected chi connectivity index (χ2v) is 8.91. The number of amides is 1. The SMILES string of the molecule is CC1(C)c2nc(-c3ccc(F)cc3)cn2CCN1C(=O)C(N)CCc1ccc(Cl)cc1. The Morgan fingerprint density at radius 3 is 2.52 bits per heavy atom. The van der Waals surface area contributed by atoms with Gasteiger partial charge in [-0.25, -0.2) is 9.37 Å². The van der Waals surface area contributed by atoms with Crippen molar-refractivity contribution in [3.63, 3.8) is 0 Å². The Morgan fingerprint density at radius 2 is 1.84 bits per heavy atom. The van der Waals surface area contributed by atoms with Crippen LogP contribution in [-0.4, -0.2) is 32.9 Å². The highest BCUT2D eigenvalue weighted by Gasteiger charge is 2.41. The zero-order chi connectivity index (χ0) is 22.2. The maximum absolute atomic E-state index is 13.3. The number of nitrogens with zero attached hydrogens (tertiary/aromatic N) is 3. The molecule has 2 N–H and O–H groups in total. The van der Waals surface area contributed by atoms with Crippen LogP contribution >= 0.6 is 11.6 Å². The van der Waals surface area contributed by atoms with Crippen LogP contribution in [-0.2, 0) is 23.3 Å². The van der Waals surface area contributed by atoms with Gasteiger partial charge in [-0.05, 0) is 68.7 Å². The molecule has 2 heterocycles. The summed E-state index contributed by atoms with van der Waals surface area (Å²) >= 11 is 5.94. The number of hydrogen-bond donors (Lipinski definition) is 1. The van der Waals surface area contributed by atoms with Crippen molar-refractivity contribution in [1.82, 2.24) is 14.5 Å². The number of rotatable bonds is 5. The largest absolute Gasteiger partial charge is 0.331 e. The number of aryl methyl sites for hydroxylation is 1. The highest BCUT2D eigenvalue weighted by molar-refractivity contribution is 6.30. The highest BCUT2D eigenvalue weighted by atomic mass is 35.5. The van der Waals surface area contributed by atoms with Crippen LogP contribution in [0.4, 0.5) is 4.39 Å². The van der Waals surface area contributed by atoms with E-state index in [2.05, 4.69) is 4.57 Å². The van der Waals surface area contributed by atoms with Crippen LogP contribution in [0.3, 0.4) is 0 Å². The number of carbonyl (C=O) groups is 1. The molecule has 5 nitrogen and oxygen atoms in total. The Morgan fingerprint density at radius 1 is 1.16 bits per heavy atom. The van der Waals surface area contributed by atoms with Gasteiger partial charge in [0.1, 0.15) is 11.6 Å². The summed E-state index contributed by atoms with van der Waals surface area (Å²) in [6.45, 7) is 5.18. The maximum atomic E-state index is 13.3. The summed E-state index contributed by atoms with van der Waals surface area (Å²) in [5.74, 6) is 0.449. The minimum atomic E-state index is -0.606. The van der Waals surface area contributed by atoms with Crippen molar-refractivity contribution in [3.8, 4) is 11.3 Å². The van der Waals surface area contributed by atoms with Gasteiger partial charge in [0.2, 0.25) is 5.91 Å². The van der Waals surface area contributed by atoms with Crippen molar-refractivity contribution in [2.45, 2.75) is 44.8 Å². The molecule has 7 heteroatoms. The molecule has 0 radical (unpaired) electrons. The summed E-state index contributed by atoms with van der Waals surface area (Å²) in [5, 5.41) is 0.690. The van der Waals surface area contributed by atoms with Gasteiger partial charge in [-0.15, -0.1) is 0 Å². The van der Waals surface area contributed by atoms with Crippen LogP contribution in [0.25, 0.3) is 11.3 Å². The third-order valence-corrected chi connectivity index (χ3v) is 6.20. The number of aromatic nitrogens is 2. The van der Waals surface area contributed by atoms with Gasteiger partial charge in [-0.2, -0.15) is 0 Å². The van der Waals surface area contributed by atoms with Crippen molar-refractivity contribution in [3.05, 3.63) is 77.0 Å². The van der Waals surface area contributed by atoms with Gasteiger partial charge in [-0.3, -0.25) is 4.79 Å². The lowest BCUT2D eigenvalue weighted by molar-refractivity contribution is -0.140. The smallest absolute Gasteiger partial charge is 0.240 e. The Labute approximate surface area is 186 Å². The van der Waals surface area contributed by atoms with Crippen LogP contribution in [0.5, 0.6) is 0 Å². The van der Waals surface area contributed by atoms with Crippen LogP contribution < -0.4 is 5.73 Å². The summed E-state index contributed by atoms with van der Waals surface area (Å²) in [6, 6.07) is 13.3. The van der Waals surface area contributed by atoms with Gasteiger partial charge in [0.05, 0.1) is 17.3 Å². The molecule has 0 fully saturated rings. The molecule has 1 aliphatic heterocycles. The van der Waals surface area contributed by atoms with E-state index in [-0.39, 0.29) is 11.7 Å². The molecule has 0 bridgehead atoms. The van der Waals surface area contributed by atoms with Gasteiger partial charge in [-0.1, -0.05) is 23.7 Å². The van der Waals surface area contributed by atoms with E-state index < -0.39 is 11.6 Å². The quantitative estimate of drug-likeness (QED) is 0.640. The molecular weight excluding hydrogens is 415 g/mol. The zero-order valence-corrected chi connectivity index (χ0v) is 18.4. The fraction of sp³-hybridized carbons (Fsp3) is 0.333. The van der Waals surface area contributed by atoms with E-state index in [1.54, 1.807) is 12.1 Å². The number of halogens is 2. The zero-order valence-electron chi connectivity index (χ0n) is 17.7. The summed E-state index contributed by atoms with van der Waals surface area (Å²) in [4.78, 5) is 19.8. The monoisotopic (exact) mass is 440 g/mol. The second-order valence-electron chi connectivity index (χ2n) is 8.47. The Kier molecular flexibility index (Phi) is 5.86. The molecule has 0 saturated carbocycles. The first-order valence-corrected chi connectivity index (χ1v) is 10.8. The second kappa shape index (κ2) is 8.44. The first-order valence-electron chi connectivity index (χ1n) is 10.4. The topological polar surface area (TPSA) is 64.2 Å². The number of benzene rings is 2. The van der Waals surface area contributed by atoms with Crippen molar-refractivity contribution >= 4 is 17.5 Å². The van der Waals surface area contributed by atoms with Crippen molar-refractivity contribution in [2.75, 3.05) is 6.54 Å². The van der Waals surface area contributed by atoms with Crippen LogP contribution in [0.15, 0.2) is 54.7 Å². The molecule has 2 aromatic carbocycles. The minimum absolute atomic E-state index is 0.0726. The lowest BCUT2D eigenvalue weighted by Crippen LogP contribution is -2.56. The lowest BCUT2D eigenvalue weighted by atomic mass is 9.96. The molecule has 1 unspecified atom stereocenters. The number of carbonyl (C=O) groups excluding carboxylic acids is 1. The predicted molar refractivity (Wildman–Crippen MR) is 120 cm³/mol. The third kappa shape index (κ3) is 4.36.